The quantitative estimate of drug-likeness (QED) is 0.730. The molecule has 126 valence electrons. The Morgan fingerprint density at radius 3 is 2.76 bits per heavy atom. The number of nitrogens with zero attached hydrogens (tertiary/aromatic N) is 2. The van der Waals surface area contributed by atoms with Crippen molar-refractivity contribution in [2.24, 2.45) is 0 Å². The van der Waals surface area contributed by atoms with Gasteiger partial charge >= 0.3 is 0 Å². The third-order valence-corrected chi connectivity index (χ3v) is 4.55. The van der Waals surface area contributed by atoms with Crippen LogP contribution in [0.25, 0.3) is 22.6 Å². The van der Waals surface area contributed by atoms with Crippen molar-refractivity contribution in [1.29, 1.82) is 0 Å². The van der Waals surface area contributed by atoms with Crippen LogP contribution in [0, 0.1) is 0 Å². The number of anilines is 1. The molecule has 0 saturated heterocycles. The van der Waals surface area contributed by atoms with E-state index in [1.54, 1.807) is 29.9 Å². The Kier molecular flexibility index (Phi) is 3.76. The number of benzene rings is 2. The number of methoxy groups -OCH3 is 1. The molecule has 0 fully saturated rings. The van der Waals surface area contributed by atoms with Gasteiger partial charge in [-0.15, -0.1) is 0 Å². The van der Waals surface area contributed by atoms with Crippen LogP contribution in [0.5, 0.6) is 5.75 Å². The number of ether oxygens (including phenoxy) is 1. The van der Waals surface area contributed by atoms with Crippen molar-refractivity contribution < 1.29 is 4.74 Å². The molecule has 0 spiro atoms. The Hall–Kier alpha value is -3.08. The number of hydrogen-bond acceptors (Lipinski definition) is 4. The highest BCUT2D eigenvalue weighted by atomic mass is 16.5. The lowest BCUT2D eigenvalue weighted by Gasteiger charge is -2.21. The first kappa shape index (κ1) is 15.4. The molecular formula is C20H19N3O2. The van der Waals surface area contributed by atoms with Crippen molar-refractivity contribution in [3.63, 3.8) is 0 Å². The van der Waals surface area contributed by atoms with Crippen molar-refractivity contribution in [2.45, 2.75) is 19.4 Å². The van der Waals surface area contributed by atoms with E-state index < -0.39 is 0 Å². The normalized spacial score (nSPS) is 15.3. The first-order valence-corrected chi connectivity index (χ1v) is 8.31. The van der Waals surface area contributed by atoms with Crippen molar-refractivity contribution in [3.05, 3.63) is 64.2 Å². The van der Waals surface area contributed by atoms with E-state index in [1.165, 1.54) is 0 Å². The molecule has 1 aliphatic rings. The predicted octanol–water partition coefficient (Wildman–Crippen LogP) is 3.32. The molecule has 0 radical (unpaired) electrons. The largest absolute Gasteiger partial charge is 0.497 e. The highest BCUT2D eigenvalue weighted by Gasteiger charge is 2.19. The summed E-state index contributed by atoms with van der Waals surface area (Å²) in [6.07, 6.45) is 3.92. The lowest BCUT2D eigenvalue weighted by atomic mass is 10.0. The maximum absolute atomic E-state index is 12.8. The van der Waals surface area contributed by atoms with Crippen molar-refractivity contribution in [2.75, 3.05) is 12.8 Å². The zero-order chi connectivity index (χ0) is 17.4. The molecule has 0 aliphatic carbocycles. The Balaban J connectivity index is 1.87. The van der Waals surface area contributed by atoms with E-state index in [-0.39, 0.29) is 5.56 Å². The smallest absolute Gasteiger partial charge is 0.261 e. The fourth-order valence-corrected chi connectivity index (χ4v) is 3.27. The number of aromatic nitrogens is 2. The summed E-state index contributed by atoms with van der Waals surface area (Å²) in [7, 11) is 1.65. The SMILES string of the molecule is COc1ccc(C=C2CCCn3c2nc2cc(N)ccc2c3=O)cc1. The van der Waals surface area contributed by atoms with Crippen molar-refractivity contribution in [3.8, 4) is 5.75 Å². The molecule has 3 aromatic rings. The number of hydrogen-bond donors (Lipinski definition) is 1. The lowest BCUT2D eigenvalue weighted by molar-refractivity contribution is 0.415. The maximum atomic E-state index is 12.8. The molecule has 0 bridgehead atoms. The average molecular weight is 333 g/mol. The zero-order valence-corrected chi connectivity index (χ0v) is 14.0. The predicted molar refractivity (Wildman–Crippen MR) is 101 cm³/mol. The summed E-state index contributed by atoms with van der Waals surface area (Å²) in [6.45, 7) is 0.696. The van der Waals surface area contributed by atoms with Gasteiger partial charge in [0.1, 0.15) is 11.6 Å². The zero-order valence-electron chi connectivity index (χ0n) is 14.0. The second kappa shape index (κ2) is 6.09. The molecule has 4 rings (SSSR count). The number of fused-ring (bicyclic) bond motifs is 2. The molecule has 25 heavy (non-hydrogen) atoms. The molecule has 2 heterocycles. The van der Waals surface area contributed by atoms with Crippen LogP contribution in [0.15, 0.2) is 47.3 Å². The summed E-state index contributed by atoms with van der Waals surface area (Å²) in [5, 5.41) is 0.614. The van der Waals surface area contributed by atoms with Crippen LogP contribution in [0.2, 0.25) is 0 Å². The van der Waals surface area contributed by atoms with E-state index in [2.05, 4.69) is 6.08 Å². The minimum absolute atomic E-state index is 0.000306. The van der Waals surface area contributed by atoms with Crippen LogP contribution in [-0.4, -0.2) is 16.7 Å². The van der Waals surface area contributed by atoms with E-state index in [0.717, 1.165) is 35.6 Å². The summed E-state index contributed by atoms with van der Waals surface area (Å²) >= 11 is 0. The fourth-order valence-electron chi connectivity index (χ4n) is 3.27. The molecule has 2 N–H and O–H groups in total. The van der Waals surface area contributed by atoms with Crippen LogP contribution in [0.4, 0.5) is 5.69 Å². The van der Waals surface area contributed by atoms with Gasteiger partial charge in [-0.25, -0.2) is 4.98 Å². The standard InChI is InChI=1S/C20H19N3O2/c1-25-16-7-4-13(5-8-16)11-14-3-2-10-23-19(14)22-18-12-15(21)6-9-17(18)20(23)24/h4-9,11-12H,2-3,10,21H2,1H3. The van der Waals surface area contributed by atoms with Gasteiger partial charge in [0, 0.05) is 12.2 Å². The Labute approximate surface area is 145 Å². The molecule has 5 nitrogen and oxygen atoms in total. The van der Waals surface area contributed by atoms with Gasteiger partial charge < -0.3 is 10.5 Å². The molecule has 0 atom stereocenters. The first-order valence-electron chi connectivity index (χ1n) is 8.31. The fraction of sp³-hybridized carbons (Fsp3) is 0.200. The molecule has 0 saturated carbocycles. The summed E-state index contributed by atoms with van der Waals surface area (Å²) in [5.74, 6) is 1.56. The highest BCUT2D eigenvalue weighted by molar-refractivity contribution is 5.85. The maximum Gasteiger partial charge on any atom is 0.261 e. The van der Waals surface area contributed by atoms with Gasteiger partial charge in [0.15, 0.2) is 0 Å². The Morgan fingerprint density at radius 2 is 2.00 bits per heavy atom. The molecule has 1 aliphatic heterocycles. The van der Waals surface area contributed by atoms with Crippen molar-refractivity contribution >= 4 is 28.2 Å². The van der Waals surface area contributed by atoms with Gasteiger partial charge in [-0.3, -0.25) is 9.36 Å². The molecular weight excluding hydrogens is 314 g/mol. The van der Waals surface area contributed by atoms with Crippen LogP contribution in [0.1, 0.15) is 24.2 Å². The topological polar surface area (TPSA) is 70.1 Å². The molecule has 5 heteroatoms. The van der Waals surface area contributed by atoms with Gasteiger partial charge in [-0.2, -0.15) is 0 Å². The van der Waals surface area contributed by atoms with E-state index in [4.69, 9.17) is 15.5 Å². The van der Waals surface area contributed by atoms with Crippen molar-refractivity contribution in [1.82, 2.24) is 9.55 Å². The van der Waals surface area contributed by atoms with E-state index in [9.17, 15) is 4.79 Å². The van der Waals surface area contributed by atoms with Crippen LogP contribution in [0.3, 0.4) is 0 Å². The van der Waals surface area contributed by atoms with Gasteiger partial charge in [0.25, 0.3) is 5.56 Å². The van der Waals surface area contributed by atoms with Gasteiger partial charge in [0.05, 0.1) is 18.0 Å². The van der Waals surface area contributed by atoms with E-state index in [0.29, 0.717) is 23.1 Å². The average Bonchev–Trinajstić information content (AvgIpc) is 2.63. The van der Waals surface area contributed by atoms with Gasteiger partial charge in [0.2, 0.25) is 0 Å². The highest BCUT2D eigenvalue weighted by Crippen LogP contribution is 2.28. The summed E-state index contributed by atoms with van der Waals surface area (Å²) in [4.78, 5) is 17.5. The molecule has 0 amide bonds. The molecule has 1 aromatic heterocycles. The Morgan fingerprint density at radius 1 is 1.20 bits per heavy atom. The van der Waals surface area contributed by atoms with Crippen LogP contribution < -0.4 is 16.0 Å². The summed E-state index contributed by atoms with van der Waals surface area (Å²) < 4.78 is 6.98. The third-order valence-electron chi connectivity index (χ3n) is 4.55. The van der Waals surface area contributed by atoms with E-state index >= 15 is 0 Å². The summed E-state index contributed by atoms with van der Waals surface area (Å²) in [6, 6.07) is 13.1. The second-order valence-corrected chi connectivity index (χ2v) is 6.22. The van der Waals surface area contributed by atoms with Gasteiger partial charge in [-0.05, 0) is 60.4 Å². The minimum Gasteiger partial charge on any atom is -0.497 e. The first-order chi connectivity index (χ1) is 12.2. The number of nitrogens with two attached hydrogens (primary N) is 1. The molecule has 0 unspecified atom stereocenters. The van der Waals surface area contributed by atoms with Crippen LogP contribution in [-0.2, 0) is 6.54 Å². The Bertz CT molecular complexity index is 1030. The monoisotopic (exact) mass is 333 g/mol. The molecule has 2 aromatic carbocycles. The number of nitrogen functional groups attached to an aromatic ring is 1. The van der Waals surface area contributed by atoms with Gasteiger partial charge in [-0.1, -0.05) is 12.1 Å². The third kappa shape index (κ3) is 2.78. The minimum atomic E-state index is 0.000306. The lowest BCUT2D eigenvalue weighted by Crippen LogP contribution is -2.27. The number of rotatable bonds is 2. The summed E-state index contributed by atoms with van der Waals surface area (Å²) in [5.41, 5.74) is 9.25. The van der Waals surface area contributed by atoms with E-state index in [1.807, 2.05) is 24.3 Å². The van der Waals surface area contributed by atoms with Crippen LogP contribution >= 0.6 is 0 Å². The second-order valence-electron chi connectivity index (χ2n) is 6.22. The number of allylic oxidation sites excluding steroid dienone is 1.